The fourth-order valence-corrected chi connectivity index (χ4v) is 3.26. The Balaban J connectivity index is 1.60. The summed E-state index contributed by atoms with van der Waals surface area (Å²) >= 11 is 0. The summed E-state index contributed by atoms with van der Waals surface area (Å²) in [4.78, 5) is 2.42. The van der Waals surface area contributed by atoms with Crippen LogP contribution in [0.15, 0.2) is 18.2 Å². The van der Waals surface area contributed by atoms with Gasteiger partial charge in [-0.1, -0.05) is 6.07 Å². The van der Waals surface area contributed by atoms with Gasteiger partial charge in [0.1, 0.15) is 5.60 Å². The Bertz CT molecular complexity index is 514. The quantitative estimate of drug-likeness (QED) is 0.895. The van der Waals surface area contributed by atoms with Crippen molar-refractivity contribution in [2.45, 2.75) is 37.3 Å². The highest BCUT2D eigenvalue weighted by atomic mass is 16.5. The molecule has 1 saturated heterocycles. The average Bonchev–Trinajstić information content (AvgIpc) is 3.25. The number of fused-ring (bicyclic) bond motifs is 1. The van der Waals surface area contributed by atoms with Crippen LogP contribution in [-0.4, -0.2) is 42.4 Å². The molecular formula is C16H21NO3. The molecule has 0 radical (unpaired) electrons. The molecule has 108 valence electrons. The lowest BCUT2D eigenvalue weighted by Crippen LogP contribution is -2.31. The van der Waals surface area contributed by atoms with Crippen LogP contribution in [0.2, 0.25) is 0 Å². The van der Waals surface area contributed by atoms with E-state index in [1.807, 2.05) is 18.2 Å². The van der Waals surface area contributed by atoms with Crippen molar-refractivity contribution in [1.82, 2.24) is 4.90 Å². The van der Waals surface area contributed by atoms with E-state index < -0.39 is 5.60 Å². The Labute approximate surface area is 119 Å². The van der Waals surface area contributed by atoms with Crippen molar-refractivity contribution < 1.29 is 14.6 Å². The lowest BCUT2D eigenvalue weighted by Gasteiger charge is -2.25. The van der Waals surface area contributed by atoms with E-state index in [1.165, 1.54) is 12.8 Å². The Morgan fingerprint density at radius 1 is 1.15 bits per heavy atom. The van der Waals surface area contributed by atoms with E-state index in [-0.39, 0.29) is 0 Å². The van der Waals surface area contributed by atoms with Gasteiger partial charge in [-0.05, 0) is 37.0 Å². The highest BCUT2D eigenvalue weighted by Crippen LogP contribution is 2.41. The normalized spacial score (nSPS) is 30.2. The van der Waals surface area contributed by atoms with Crippen LogP contribution in [0, 0.1) is 0 Å². The molecule has 2 fully saturated rings. The molecule has 3 aliphatic rings. The van der Waals surface area contributed by atoms with Crippen molar-refractivity contribution in [2.75, 3.05) is 26.3 Å². The summed E-state index contributed by atoms with van der Waals surface area (Å²) in [7, 11) is 0. The zero-order valence-corrected chi connectivity index (χ0v) is 11.7. The smallest absolute Gasteiger partial charge is 0.161 e. The second-order valence-corrected chi connectivity index (χ2v) is 6.20. The van der Waals surface area contributed by atoms with Crippen molar-refractivity contribution in [3.8, 4) is 11.5 Å². The number of likely N-dealkylation sites (tertiary alicyclic amines) is 1. The minimum Gasteiger partial charge on any atom is -0.490 e. The minimum atomic E-state index is -0.729. The molecule has 0 aromatic heterocycles. The fraction of sp³-hybridized carbons (Fsp3) is 0.625. The molecule has 0 bridgehead atoms. The summed E-state index contributed by atoms with van der Waals surface area (Å²) in [5, 5.41) is 10.9. The molecule has 0 spiro atoms. The number of β-amino-alcohol motifs (C(OH)–C–C–N with tert-alkyl or cyclic N) is 1. The summed E-state index contributed by atoms with van der Waals surface area (Å²) in [6.45, 7) is 3.13. The third kappa shape index (κ3) is 2.17. The van der Waals surface area contributed by atoms with Gasteiger partial charge in [0.05, 0.1) is 13.2 Å². The van der Waals surface area contributed by atoms with E-state index in [0.717, 1.165) is 43.0 Å². The Morgan fingerprint density at radius 3 is 2.75 bits per heavy atom. The van der Waals surface area contributed by atoms with Crippen LogP contribution in [-0.2, 0) is 5.60 Å². The second kappa shape index (κ2) is 4.64. The van der Waals surface area contributed by atoms with Crippen molar-refractivity contribution in [3.05, 3.63) is 23.8 Å². The first-order chi connectivity index (χ1) is 9.74. The molecule has 1 unspecified atom stereocenters. The number of ether oxygens (including phenoxy) is 2. The maximum Gasteiger partial charge on any atom is 0.161 e. The standard InChI is InChI=1S/C16H21NO3/c18-16(6-7-17(11-16)13-3-4-13)12-2-5-14-15(10-12)20-9-1-8-19-14/h2,5,10,13,18H,1,3-4,6-9,11H2. The topological polar surface area (TPSA) is 41.9 Å². The van der Waals surface area contributed by atoms with Gasteiger partial charge in [-0.2, -0.15) is 0 Å². The molecule has 1 aromatic carbocycles. The molecular weight excluding hydrogens is 254 g/mol. The van der Waals surface area contributed by atoms with Crippen LogP contribution in [0.1, 0.15) is 31.2 Å². The zero-order valence-electron chi connectivity index (χ0n) is 11.7. The number of benzene rings is 1. The number of aliphatic hydroxyl groups is 1. The predicted molar refractivity (Wildman–Crippen MR) is 75.2 cm³/mol. The molecule has 1 saturated carbocycles. The van der Waals surface area contributed by atoms with Crippen LogP contribution in [0.3, 0.4) is 0 Å². The number of hydrogen-bond donors (Lipinski definition) is 1. The van der Waals surface area contributed by atoms with Crippen LogP contribution in [0.25, 0.3) is 0 Å². The van der Waals surface area contributed by atoms with Gasteiger partial charge in [0.15, 0.2) is 11.5 Å². The molecule has 2 heterocycles. The van der Waals surface area contributed by atoms with E-state index in [9.17, 15) is 5.11 Å². The lowest BCUT2D eigenvalue weighted by molar-refractivity contribution is 0.0449. The Hall–Kier alpha value is -1.26. The van der Waals surface area contributed by atoms with E-state index in [4.69, 9.17) is 9.47 Å². The van der Waals surface area contributed by atoms with Crippen molar-refractivity contribution in [1.29, 1.82) is 0 Å². The van der Waals surface area contributed by atoms with Crippen LogP contribution >= 0.6 is 0 Å². The molecule has 0 amide bonds. The van der Waals surface area contributed by atoms with Crippen LogP contribution in [0.4, 0.5) is 0 Å². The summed E-state index contributed by atoms with van der Waals surface area (Å²) in [6, 6.07) is 6.61. The maximum atomic E-state index is 10.9. The third-order valence-corrected chi connectivity index (χ3v) is 4.63. The molecule has 4 nitrogen and oxygen atoms in total. The first-order valence-corrected chi connectivity index (χ1v) is 7.61. The first kappa shape index (κ1) is 12.5. The van der Waals surface area contributed by atoms with Gasteiger partial charge in [0.25, 0.3) is 0 Å². The molecule has 1 atom stereocenters. The van der Waals surface area contributed by atoms with Crippen molar-refractivity contribution in [2.24, 2.45) is 0 Å². The van der Waals surface area contributed by atoms with Gasteiger partial charge in [-0.3, -0.25) is 4.90 Å². The second-order valence-electron chi connectivity index (χ2n) is 6.20. The summed E-state index contributed by atoms with van der Waals surface area (Å²) in [5.74, 6) is 1.57. The largest absolute Gasteiger partial charge is 0.490 e. The predicted octanol–water partition coefficient (Wildman–Crippen LogP) is 1.90. The molecule has 1 aliphatic carbocycles. The van der Waals surface area contributed by atoms with E-state index >= 15 is 0 Å². The van der Waals surface area contributed by atoms with Gasteiger partial charge in [0, 0.05) is 25.6 Å². The van der Waals surface area contributed by atoms with Crippen LogP contribution < -0.4 is 9.47 Å². The molecule has 4 rings (SSSR count). The molecule has 1 aromatic rings. The highest BCUT2D eigenvalue weighted by Gasteiger charge is 2.43. The zero-order chi connectivity index (χ0) is 13.6. The van der Waals surface area contributed by atoms with Crippen molar-refractivity contribution in [3.63, 3.8) is 0 Å². The number of rotatable bonds is 2. The first-order valence-electron chi connectivity index (χ1n) is 7.61. The summed E-state index contributed by atoms with van der Waals surface area (Å²) in [6.07, 6.45) is 4.29. The molecule has 2 aliphatic heterocycles. The minimum absolute atomic E-state index is 0.684. The van der Waals surface area contributed by atoms with Crippen molar-refractivity contribution >= 4 is 0 Å². The molecule has 20 heavy (non-hydrogen) atoms. The molecule has 4 heteroatoms. The van der Waals surface area contributed by atoms with Crippen LogP contribution in [0.5, 0.6) is 11.5 Å². The Kier molecular flexibility index (Phi) is 2.89. The van der Waals surface area contributed by atoms with Gasteiger partial charge in [-0.15, -0.1) is 0 Å². The monoisotopic (exact) mass is 275 g/mol. The van der Waals surface area contributed by atoms with E-state index in [2.05, 4.69) is 4.90 Å². The fourth-order valence-electron chi connectivity index (χ4n) is 3.26. The van der Waals surface area contributed by atoms with Gasteiger partial charge < -0.3 is 14.6 Å². The van der Waals surface area contributed by atoms with Gasteiger partial charge >= 0.3 is 0 Å². The third-order valence-electron chi connectivity index (χ3n) is 4.63. The molecule has 1 N–H and O–H groups in total. The SMILES string of the molecule is OC1(c2ccc3c(c2)OCCCO3)CCN(C2CC2)C1. The van der Waals surface area contributed by atoms with E-state index in [1.54, 1.807) is 0 Å². The number of hydrogen-bond acceptors (Lipinski definition) is 4. The summed E-state index contributed by atoms with van der Waals surface area (Å²) in [5.41, 5.74) is 0.234. The average molecular weight is 275 g/mol. The summed E-state index contributed by atoms with van der Waals surface area (Å²) < 4.78 is 11.4. The maximum absolute atomic E-state index is 10.9. The highest BCUT2D eigenvalue weighted by molar-refractivity contribution is 5.45. The van der Waals surface area contributed by atoms with E-state index in [0.29, 0.717) is 19.3 Å². The number of nitrogens with zero attached hydrogens (tertiary/aromatic N) is 1. The van der Waals surface area contributed by atoms with Gasteiger partial charge in [-0.25, -0.2) is 0 Å². The lowest BCUT2D eigenvalue weighted by atomic mass is 9.93. The van der Waals surface area contributed by atoms with Gasteiger partial charge in [0.2, 0.25) is 0 Å². The Morgan fingerprint density at radius 2 is 1.95 bits per heavy atom.